The molecule has 1 atom stereocenters. The van der Waals surface area contributed by atoms with Crippen molar-refractivity contribution in [1.82, 2.24) is 19.7 Å². The van der Waals surface area contributed by atoms with Crippen molar-refractivity contribution in [2.45, 2.75) is 25.5 Å². The highest BCUT2D eigenvalue weighted by atomic mass is 16.5. The normalized spacial score (nSPS) is 17.5. The molecule has 0 amide bonds. The van der Waals surface area contributed by atoms with E-state index in [1.54, 1.807) is 24.8 Å². The van der Waals surface area contributed by atoms with Crippen molar-refractivity contribution in [1.29, 1.82) is 0 Å². The van der Waals surface area contributed by atoms with Crippen LogP contribution in [0.4, 0.5) is 6.01 Å². The smallest absolute Gasteiger partial charge is 0.324 e. The third-order valence-corrected chi connectivity index (χ3v) is 4.55. The first-order valence-electron chi connectivity index (χ1n) is 8.23. The van der Waals surface area contributed by atoms with Crippen LogP contribution in [0.3, 0.4) is 0 Å². The van der Waals surface area contributed by atoms with E-state index in [0.717, 1.165) is 19.4 Å². The molecular weight excluding hydrogens is 322 g/mol. The number of ether oxygens (including phenoxy) is 1. The maximum atomic E-state index is 12.7. The lowest BCUT2D eigenvalue weighted by molar-refractivity contribution is 0.174. The number of rotatable bonds is 4. The number of hydrogen-bond donors (Lipinski definition) is 0. The number of benzene rings is 1. The van der Waals surface area contributed by atoms with Gasteiger partial charge in [0.15, 0.2) is 5.82 Å². The van der Waals surface area contributed by atoms with Crippen LogP contribution in [0.2, 0.25) is 0 Å². The lowest BCUT2D eigenvalue weighted by atomic mass is 10.1. The molecule has 1 aliphatic rings. The van der Waals surface area contributed by atoms with E-state index in [1.807, 2.05) is 23.1 Å². The lowest BCUT2D eigenvalue weighted by Crippen LogP contribution is -2.31. The average Bonchev–Trinajstić information content (AvgIpc) is 3.27. The fourth-order valence-corrected chi connectivity index (χ4v) is 3.35. The minimum atomic E-state index is -0.0712. The predicted molar refractivity (Wildman–Crippen MR) is 91.3 cm³/mol. The van der Waals surface area contributed by atoms with Crippen LogP contribution in [0.15, 0.2) is 33.6 Å². The second-order valence-electron chi connectivity index (χ2n) is 6.13. The zero-order valence-corrected chi connectivity index (χ0v) is 14.2. The van der Waals surface area contributed by atoms with E-state index in [4.69, 9.17) is 14.2 Å². The molecule has 0 aliphatic carbocycles. The molecule has 3 heterocycles. The highest BCUT2D eigenvalue weighted by Gasteiger charge is 2.33. The van der Waals surface area contributed by atoms with Crippen molar-refractivity contribution in [2.24, 2.45) is 7.05 Å². The highest BCUT2D eigenvalue weighted by Crippen LogP contribution is 2.34. The molecule has 8 heteroatoms. The Morgan fingerprint density at radius 1 is 1.32 bits per heavy atom. The molecule has 0 spiro atoms. The van der Waals surface area contributed by atoms with Gasteiger partial charge in [0.2, 0.25) is 0 Å². The Hall–Kier alpha value is -2.74. The van der Waals surface area contributed by atoms with Gasteiger partial charge in [-0.3, -0.25) is 9.36 Å². The quantitative estimate of drug-likeness (QED) is 0.715. The molecule has 0 saturated carbocycles. The topological polar surface area (TPSA) is 86.3 Å². The number of para-hydroxylation sites is 1. The van der Waals surface area contributed by atoms with Gasteiger partial charge in [0.1, 0.15) is 12.4 Å². The van der Waals surface area contributed by atoms with Crippen LogP contribution >= 0.6 is 0 Å². The first-order valence-corrected chi connectivity index (χ1v) is 8.23. The van der Waals surface area contributed by atoms with E-state index in [2.05, 4.69) is 10.1 Å². The minimum absolute atomic E-state index is 0.0435. The molecule has 4 rings (SSSR count). The van der Waals surface area contributed by atoms with Gasteiger partial charge in [-0.25, -0.2) is 4.98 Å². The fourth-order valence-electron chi connectivity index (χ4n) is 3.35. The van der Waals surface area contributed by atoms with Gasteiger partial charge in [-0.2, -0.15) is 4.98 Å². The highest BCUT2D eigenvalue weighted by molar-refractivity contribution is 5.77. The van der Waals surface area contributed by atoms with Crippen molar-refractivity contribution in [2.75, 3.05) is 18.6 Å². The summed E-state index contributed by atoms with van der Waals surface area (Å²) in [6.07, 6.45) is 1.84. The number of methoxy groups -OCH3 is 1. The van der Waals surface area contributed by atoms with E-state index in [1.165, 1.54) is 0 Å². The molecule has 25 heavy (non-hydrogen) atoms. The lowest BCUT2D eigenvalue weighted by Gasteiger charge is -2.23. The van der Waals surface area contributed by atoms with Crippen LogP contribution in [0.25, 0.3) is 10.9 Å². The first kappa shape index (κ1) is 15.8. The van der Waals surface area contributed by atoms with Gasteiger partial charge in [0.25, 0.3) is 5.56 Å². The number of hydrogen-bond acceptors (Lipinski definition) is 7. The van der Waals surface area contributed by atoms with E-state index in [9.17, 15) is 4.79 Å². The molecule has 0 N–H and O–H groups in total. The van der Waals surface area contributed by atoms with Crippen molar-refractivity contribution in [3.8, 4) is 0 Å². The summed E-state index contributed by atoms with van der Waals surface area (Å²) in [7, 11) is 3.35. The first-order chi connectivity index (χ1) is 12.2. The Bertz CT molecular complexity index is 964. The summed E-state index contributed by atoms with van der Waals surface area (Å²) in [5, 5.41) is 4.55. The Morgan fingerprint density at radius 3 is 3.00 bits per heavy atom. The van der Waals surface area contributed by atoms with Gasteiger partial charge >= 0.3 is 6.01 Å². The number of fused-ring (bicyclic) bond motifs is 1. The number of anilines is 1. The van der Waals surface area contributed by atoms with Crippen LogP contribution in [0, 0.1) is 0 Å². The Morgan fingerprint density at radius 2 is 2.16 bits per heavy atom. The molecule has 1 fully saturated rings. The third kappa shape index (κ3) is 2.68. The molecule has 2 aromatic heterocycles. The van der Waals surface area contributed by atoms with Gasteiger partial charge in [0, 0.05) is 20.7 Å². The van der Waals surface area contributed by atoms with Crippen molar-refractivity contribution in [3.63, 3.8) is 0 Å². The van der Waals surface area contributed by atoms with Crippen LogP contribution in [-0.4, -0.2) is 33.3 Å². The summed E-state index contributed by atoms with van der Waals surface area (Å²) < 4.78 is 12.0. The maximum absolute atomic E-state index is 12.7. The predicted octanol–water partition coefficient (Wildman–Crippen LogP) is 1.80. The fraction of sp³-hybridized carbons (Fsp3) is 0.412. The largest absolute Gasteiger partial charge is 0.377 e. The van der Waals surface area contributed by atoms with Gasteiger partial charge in [-0.05, 0) is 25.0 Å². The van der Waals surface area contributed by atoms with Gasteiger partial charge in [0.05, 0.1) is 16.9 Å². The monoisotopic (exact) mass is 341 g/mol. The molecule has 8 nitrogen and oxygen atoms in total. The standard InChI is InChI=1S/C17H19N5O3/c1-21-15(18-12-7-4-3-6-11(12)16(21)23)13-8-5-9-22(13)17-19-14(10-24-2)20-25-17/h3-4,6-7,13H,5,8-10H2,1-2H3. The Labute approximate surface area is 144 Å². The summed E-state index contributed by atoms with van der Waals surface area (Å²) in [5.74, 6) is 1.22. The van der Waals surface area contributed by atoms with E-state index >= 15 is 0 Å². The van der Waals surface area contributed by atoms with Crippen LogP contribution in [-0.2, 0) is 18.4 Å². The molecule has 1 unspecified atom stereocenters. The van der Waals surface area contributed by atoms with Crippen molar-refractivity contribution < 1.29 is 9.26 Å². The van der Waals surface area contributed by atoms with E-state index in [0.29, 0.717) is 35.2 Å². The maximum Gasteiger partial charge on any atom is 0.324 e. The van der Waals surface area contributed by atoms with Crippen molar-refractivity contribution >= 4 is 16.9 Å². The van der Waals surface area contributed by atoms with E-state index in [-0.39, 0.29) is 11.6 Å². The van der Waals surface area contributed by atoms with Gasteiger partial charge < -0.3 is 14.2 Å². The summed E-state index contributed by atoms with van der Waals surface area (Å²) >= 11 is 0. The Balaban J connectivity index is 1.76. The molecule has 0 bridgehead atoms. The summed E-state index contributed by atoms with van der Waals surface area (Å²) in [6.45, 7) is 1.08. The third-order valence-electron chi connectivity index (χ3n) is 4.55. The second kappa shape index (κ2) is 6.29. The molecule has 130 valence electrons. The molecule has 1 saturated heterocycles. The number of aromatic nitrogens is 4. The average molecular weight is 341 g/mol. The van der Waals surface area contributed by atoms with Crippen molar-refractivity contribution in [3.05, 3.63) is 46.3 Å². The van der Waals surface area contributed by atoms with Gasteiger partial charge in [-0.1, -0.05) is 17.3 Å². The zero-order valence-electron chi connectivity index (χ0n) is 14.2. The molecule has 1 aromatic carbocycles. The summed E-state index contributed by atoms with van der Waals surface area (Å²) in [4.78, 5) is 23.8. The summed E-state index contributed by atoms with van der Waals surface area (Å²) in [6, 6.07) is 7.77. The number of nitrogens with zero attached hydrogens (tertiary/aromatic N) is 5. The Kier molecular flexibility index (Phi) is 3.96. The second-order valence-corrected chi connectivity index (χ2v) is 6.13. The van der Waals surface area contributed by atoms with E-state index < -0.39 is 0 Å². The zero-order chi connectivity index (χ0) is 17.4. The summed E-state index contributed by atoms with van der Waals surface area (Å²) in [5.41, 5.74) is 0.663. The van der Waals surface area contributed by atoms with Crippen LogP contribution in [0.5, 0.6) is 0 Å². The molecular formula is C17H19N5O3. The molecule has 1 aliphatic heterocycles. The van der Waals surface area contributed by atoms with Gasteiger partial charge in [-0.15, -0.1) is 0 Å². The van der Waals surface area contributed by atoms with Crippen LogP contribution in [0.1, 0.15) is 30.5 Å². The SMILES string of the molecule is COCc1noc(N2CCCC2c2nc3ccccc3c(=O)n2C)n1. The van der Waals surface area contributed by atoms with Crippen LogP contribution < -0.4 is 10.5 Å². The molecule has 0 radical (unpaired) electrons. The minimum Gasteiger partial charge on any atom is -0.377 e. The molecule has 3 aromatic rings.